The fourth-order valence-electron chi connectivity index (χ4n) is 1.54. The zero-order valence-electron chi connectivity index (χ0n) is 10.7. The summed E-state index contributed by atoms with van der Waals surface area (Å²) >= 11 is 1.41. The molecule has 0 N–H and O–H groups in total. The number of carbonyl (C=O) groups is 1. The third-order valence-electron chi connectivity index (χ3n) is 2.83. The Balaban J connectivity index is 2.04. The van der Waals surface area contributed by atoms with E-state index in [-0.39, 0.29) is 5.78 Å². The number of aryl methyl sites for hydroxylation is 3. The molecule has 4 nitrogen and oxygen atoms in total. The Hall–Kier alpha value is -1.62. The van der Waals surface area contributed by atoms with Crippen molar-refractivity contribution >= 4 is 17.5 Å². The van der Waals surface area contributed by atoms with Crippen molar-refractivity contribution < 1.29 is 4.79 Å². The molecule has 0 aliphatic rings. The molecule has 2 aromatic rings. The molecule has 5 heteroatoms. The topological polar surface area (TPSA) is 47.8 Å². The fraction of sp³-hybridized carbons (Fsp3) is 0.308. The first kappa shape index (κ1) is 12.8. The molecule has 0 saturated carbocycles. The second-order valence-corrected chi connectivity index (χ2v) is 5.12. The van der Waals surface area contributed by atoms with Crippen LogP contribution in [0.25, 0.3) is 0 Å². The van der Waals surface area contributed by atoms with Gasteiger partial charge in [-0.1, -0.05) is 23.9 Å². The largest absolute Gasteiger partial charge is 0.293 e. The van der Waals surface area contributed by atoms with Crippen molar-refractivity contribution in [3.8, 4) is 0 Å². The zero-order chi connectivity index (χ0) is 13.1. The standard InChI is InChI=1S/C13H15N3OS/c1-9-4-5-11(6-10(9)2)12(17)7-18-13-14-8-15-16(13)3/h4-6,8H,7H2,1-3H3. The number of Topliss-reactive ketones (excluding diaryl/α,β-unsaturated/α-hetero) is 1. The van der Waals surface area contributed by atoms with Crippen LogP contribution in [0.3, 0.4) is 0 Å². The van der Waals surface area contributed by atoms with Crippen LogP contribution in [0.4, 0.5) is 0 Å². The quantitative estimate of drug-likeness (QED) is 0.626. The van der Waals surface area contributed by atoms with Gasteiger partial charge in [0.15, 0.2) is 10.9 Å². The van der Waals surface area contributed by atoms with E-state index in [0.717, 1.165) is 16.3 Å². The molecule has 0 saturated heterocycles. The first-order valence-corrected chi connectivity index (χ1v) is 6.63. The lowest BCUT2D eigenvalue weighted by atomic mass is 10.0. The maximum Gasteiger partial charge on any atom is 0.186 e. The van der Waals surface area contributed by atoms with Gasteiger partial charge in [0.2, 0.25) is 0 Å². The highest BCUT2D eigenvalue weighted by Gasteiger charge is 2.09. The van der Waals surface area contributed by atoms with Gasteiger partial charge in [-0.25, -0.2) is 9.67 Å². The number of hydrogen-bond donors (Lipinski definition) is 0. The minimum atomic E-state index is 0.117. The smallest absolute Gasteiger partial charge is 0.186 e. The van der Waals surface area contributed by atoms with E-state index in [1.807, 2.05) is 39.1 Å². The van der Waals surface area contributed by atoms with Crippen LogP contribution >= 0.6 is 11.8 Å². The number of hydrogen-bond acceptors (Lipinski definition) is 4. The zero-order valence-corrected chi connectivity index (χ0v) is 11.5. The Morgan fingerprint density at radius 2 is 2.11 bits per heavy atom. The van der Waals surface area contributed by atoms with E-state index in [2.05, 4.69) is 10.1 Å². The SMILES string of the molecule is Cc1ccc(C(=O)CSc2ncnn2C)cc1C. The lowest BCUT2D eigenvalue weighted by Gasteiger charge is -2.04. The van der Waals surface area contributed by atoms with Gasteiger partial charge in [-0.05, 0) is 31.0 Å². The lowest BCUT2D eigenvalue weighted by Crippen LogP contribution is -2.04. The molecule has 1 aromatic carbocycles. The van der Waals surface area contributed by atoms with Crippen molar-refractivity contribution in [1.29, 1.82) is 0 Å². The van der Waals surface area contributed by atoms with Crippen molar-refractivity contribution in [3.63, 3.8) is 0 Å². The number of aromatic nitrogens is 3. The molecule has 2 rings (SSSR count). The summed E-state index contributed by atoms with van der Waals surface area (Å²) in [7, 11) is 1.82. The molecule has 0 bridgehead atoms. The summed E-state index contributed by atoms with van der Waals surface area (Å²) < 4.78 is 1.67. The van der Waals surface area contributed by atoms with Crippen LogP contribution in [0.15, 0.2) is 29.7 Å². The molecule has 0 amide bonds. The highest BCUT2D eigenvalue weighted by Crippen LogP contribution is 2.17. The number of rotatable bonds is 4. The van der Waals surface area contributed by atoms with Crippen LogP contribution < -0.4 is 0 Å². The van der Waals surface area contributed by atoms with Crippen molar-refractivity contribution in [1.82, 2.24) is 14.8 Å². The Morgan fingerprint density at radius 1 is 1.33 bits per heavy atom. The number of ketones is 1. The highest BCUT2D eigenvalue weighted by atomic mass is 32.2. The molecule has 0 atom stereocenters. The van der Waals surface area contributed by atoms with Gasteiger partial charge in [0.05, 0.1) is 5.75 Å². The predicted molar refractivity (Wildman–Crippen MR) is 72.0 cm³/mol. The number of nitrogens with zero attached hydrogens (tertiary/aromatic N) is 3. The normalized spacial score (nSPS) is 10.6. The Kier molecular flexibility index (Phi) is 3.81. The van der Waals surface area contributed by atoms with Crippen molar-refractivity contribution in [2.75, 3.05) is 5.75 Å². The lowest BCUT2D eigenvalue weighted by molar-refractivity contribution is 0.102. The summed E-state index contributed by atoms with van der Waals surface area (Å²) in [5, 5.41) is 4.72. The maximum absolute atomic E-state index is 12.0. The molecule has 1 aromatic heterocycles. The second kappa shape index (κ2) is 5.35. The van der Waals surface area contributed by atoms with Crippen molar-refractivity contribution in [3.05, 3.63) is 41.2 Å². The van der Waals surface area contributed by atoms with Crippen LogP contribution in [0.5, 0.6) is 0 Å². The van der Waals surface area contributed by atoms with Gasteiger partial charge in [-0.3, -0.25) is 4.79 Å². The molecule has 0 unspecified atom stereocenters. The molecular formula is C13H15N3OS. The summed E-state index contributed by atoms with van der Waals surface area (Å²) in [6.45, 7) is 4.06. The minimum absolute atomic E-state index is 0.117. The number of thioether (sulfide) groups is 1. The molecule has 94 valence electrons. The maximum atomic E-state index is 12.0. The molecule has 0 radical (unpaired) electrons. The van der Waals surface area contributed by atoms with Crippen molar-refractivity contribution in [2.45, 2.75) is 19.0 Å². The van der Waals surface area contributed by atoms with E-state index in [0.29, 0.717) is 5.75 Å². The average molecular weight is 261 g/mol. The van der Waals surface area contributed by atoms with E-state index in [4.69, 9.17) is 0 Å². The summed E-state index contributed by atoms with van der Waals surface area (Å²) in [4.78, 5) is 16.1. The molecule has 0 spiro atoms. The van der Waals surface area contributed by atoms with Crippen LogP contribution in [-0.4, -0.2) is 26.3 Å². The first-order chi connectivity index (χ1) is 8.58. The Bertz CT molecular complexity index is 577. The third kappa shape index (κ3) is 2.79. The second-order valence-electron chi connectivity index (χ2n) is 4.18. The third-order valence-corrected chi connectivity index (χ3v) is 3.87. The van der Waals surface area contributed by atoms with Crippen LogP contribution in [0.1, 0.15) is 21.5 Å². The molecule has 0 aliphatic carbocycles. The van der Waals surface area contributed by atoms with Gasteiger partial charge >= 0.3 is 0 Å². The van der Waals surface area contributed by atoms with Crippen LogP contribution in [0.2, 0.25) is 0 Å². The molecule has 0 fully saturated rings. The van der Waals surface area contributed by atoms with Gasteiger partial charge in [0.25, 0.3) is 0 Å². The van der Waals surface area contributed by atoms with Crippen LogP contribution in [0, 0.1) is 13.8 Å². The summed E-state index contributed by atoms with van der Waals surface area (Å²) in [6, 6.07) is 5.80. The summed E-state index contributed by atoms with van der Waals surface area (Å²) in [5.74, 6) is 0.501. The molecule has 1 heterocycles. The Labute approximate surface area is 110 Å². The fourth-order valence-corrected chi connectivity index (χ4v) is 2.33. The van der Waals surface area contributed by atoms with E-state index < -0.39 is 0 Å². The summed E-state index contributed by atoms with van der Waals surface area (Å²) in [5.41, 5.74) is 3.10. The van der Waals surface area contributed by atoms with Gasteiger partial charge < -0.3 is 0 Å². The van der Waals surface area contributed by atoms with Gasteiger partial charge in [0.1, 0.15) is 6.33 Å². The predicted octanol–water partition coefficient (Wildman–Crippen LogP) is 2.41. The molecule has 18 heavy (non-hydrogen) atoms. The van der Waals surface area contributed by atoms with E-state index in [9.17, 15) is 4.79 Å². The first-order valence-electron chi connectivity index (χ1n) is 5.65. The van der Waals surface area contributed by atoms with Gasteiger partial charge in [-0.15, -0.1) is 0 Å². The monoisotopic (exact) mass is 261 g/mol. The summed E-state index contributed by atoms with van der Waals surface area (Å²) in [6.07, 6.45) is 1.49. The Morgan fingerprint density at radius 3 is 2.72 bits per heavy atom. The van der Waals surface area contributed by atoms with Gasteiger partial charge in [-0.2, -0.15) is 5.10 Å². The van der Waals surface area contributed by atoms with Gasteiger partial charge in [0, 0.05) is 12.6 Å². The van der Waals surface area contributed by atoms with E-state index in [1.165, 1.54) is 23.7 Å². The average Bonchev–Trinajstić information content (AvgIpc) is 2.75. The van der Waals surface area contributed by atoms with E-state index in [1.54, 1.807) is 4.68 Å². The number of carbonyl (C=O) groups excluding carboxylic acids is 1. The van der Waals surface area contributed by atoms with Crippen molar-refractivity contribution in [2.24, 2.45) is 7.05 Å². The molecule has 0 aliphatic heterocycles. The highest BCUT2D eigenvalue weighted by molar-refractivity contribution is 7.99. The number of benzene rings is 1. The van der Waals surface area contributed by atoms with E-state index >= 15 is 0 Å². The minimum Gasteiger partial charge on any atom is -0.293 e. The van der Waals surface area contributed by atoms with Crippen LogP contribution in [-0.2, 0) is 7.05 Å². The molecular weight excluding hydrogens is 246 g/mol.